The van der Waals surface area contributed by atoms with Crippen molar-refractivity contribution < 1.29 is 58.5 Å². The highest BCUT2D eigenvalue weighted by atomic mass is 16.7. The Labute approximate surface area is 264 Å². The van der Waals surface area contributed by atoms with E-state index in [2.05, 4.69) is 0 Å². The molecule has 2 saturated heterocycles. The van der Waals surface area contributed by atoms with Crippen molar-refractivity contribution in [3.8, 4) is 17.2 Å². The number of ether oxygens (including phenoxy) is 5. The molecule has 0 bridgehead atoms. The zero-order valence-corrected chi connectivity index (χ0v) is 25.9. The van der Waals surface area contributed by atoms with Gasteiger partial charge in [-0.25, -0.2) is 0 Å². The molecule has 1 amide bonds. The van der Waals surface area contributed by atoms with Gasteiger partial charge >= 0.3 is 0 Å². The number of nitrogens with two attached hydrogens (primary N) is 1. The van der Waals surface area contributed by atoms with Gasteiger partial charge in [0.2, 0.25) is 11.7 Å². The van der Waals surface area contributed by atoms with E-state index in [0.29, 0.717) is 13.2 Å². The molecule has 2 aromatic carbocycles. The number of aliphatic hydroxyl groups is 2. The maximum Gasteiger partial charge on any atom is 0.249 e. The van der Waals surface area contributed by atoms with Crippen molar-refractivity contribution >= 4 is 17.5 Å². The molecule has 0 aromatic heterocycles. The number of aliphatic hydroxyl groups excluding tert-OH is 1. The number of morpholine rings is 1. The van der Waals surface area contributed by atoms with Crippen LogP contribution >= 0.6 is 0 Å². The fourth-order valence-electron chi connectivity index (χ4n) is 7.36. The molecule has 14 nitrogen and oxygen atoms in total. The van der Waals surface area contributed by atoms with Gasteiger partial charge < -0.3 is 49.8 Å². The Morgan fingerprint density at radius 1 is 1.09 bits per heavy atom. The predicted molar refractivity (Wildman–Crippen MR) is 158 cm³/mol. The number of hydrogen-bond acceptors (Lipinski definition) is 13. The number of primary amides is 1. The van der Waals surface area contributed by atoms with Crippen molar-refractivity contribution in [2.75, 3.05) is 27.4 Å². The average molecular weight is 643 g/mol. The second-order valence-electron chi connectivity index (χ2n) is 12.3. The molecule has 6 N–H and O–H groups in total. The molecular weight excluding hydrogens is 604 g/mol. The van der Waals surface area contributed by atoms with E-state index in [-0.39, 0.29) is 40.5 Å². The Morgan fingerprint density at radius 2 is 1.80 bits per heavy atom. The molecule has 46 heavy (non-hydrogen) atoms. The second-order valence-corrected chi connectivity index (χ2v) is 12.3. The van der Waals surface area contributed by atoms with Crippen LogP contribution in [0, 0.1) is 0 Å². The number of rotatable bonds is 6. The first-order valence-corrected chi connectivity index (χ1v) is 15.1. The summed E-state index contributed by atoms with van der Waals surface area (Å²) in [6, 6.07) is 3.72. The van der Waals surface area contributed by atoms with E-state index in [1.165, 1.54) is 32.4 Å². The van der Waals surface area contributed by atoms with Crippen LogP contribution in [0.25, 0.3) is 0 Å². The van der Waals surface area contributed by atoms with Crippen LogP contribution in [-0.2, 0) is 30.2 Å². The van der Waals surface area contributed by atoms with E-state index in [1.807, 2.05) is 11.8 Å². The van der Waals surface area contributed by atoms with Gasteiger partial charge in [0.1, 0.15) is 22.8 Å². The van der Waals surface area contributed by atoms with E-state index < -0.39 is 95.5 Å². The maximum absolute atomic E-state index is 13.9. The van der Waals surface area contributed by atoms with Gasteiger partial charge in [0.25, 0.3) is 0 Å². The number of benzene rings is 2. The van der Waals surface area contributed by atoms with Gasteiger partial charge in [-0.15, -0.1) is 0 Å². The molecule has 0 unspecified atom stereocenters. The highest BCUT2D eigenvalue weighted by molar-refractivity contribution is 6.31. The third-order valence-electron chi connectivity index (χ3n) is 9.73. The van der Waals surface area contributed by atoms with E-state index in [0.717, 1.165) is 0 Å². The summed E-state index contributed by atoms with van der Waals surface area (Å²) in [5.74, 6) is -3.83. The van der Waals surface area contributed by atoms with E-state index in [1.54, 1.807) is 6.92 Å². The lowest BCUT2D eigenvalue weighted by Crippen LogP contribution is -2.62. The Kier molecular flexibility index (Phi) is 8.34. The number of hydrogen-bond donors (Lipinski definition) is 5. The molecule has 2 fully saturated rings. The average Bonchev–Trinajstić information content (AvgIpc) is 3.02. The first kappa shape index (κ1) is 32.3. The van der Waals surface area contributed by atoms with Crippen LogP contribution in [-0.4, -0.2) is 113 Å². The molecule has 0 saturated carbocycles. The minimum absolute atomic E-state index is 0.0393. The fourth-order valence-corrected chi connectivity index (χ4v) is 7.36. The monoisotopic (exact) mass is 642 g/mol. The molecule has 6 rings (SSSR count). The summed E-state index contributed by atoms with van der Waals surface area (Å²) < 4.78 is 28.8. The van der Waals surface area contributed by atoms with Crippen molar-refractivity contribution in [2.24, 2.45) is 5.73 Å². The van der Waals surface area contributed by atoms with E-state index in [9.17, 15) is 34.8 Å². The molecular formula is C32H38N2O12. The van der Waals surface area contributed by atoms with Gasteiger partial charge in [-0.1, -0.05) is 12.1 Å². The van der Waals surface area contributed by atoms with Gasteiger partial charge in [0.15, 0.2) is 18.4 Å². The molecule has 2 heterocycles. The topological polar surface area (TPSA) is 208 Å². The Balaban J connectivity index is 1.42. The summed E-state index contributed by atoms with van der Waals surface area (Å²) in [4.78, 5) is 42.1. The predicted octanol–water partition coefficient (Wildman–Crippen LogP) is 0.660. The van der Waals surface area contributed by atoms with Crippen LogP contribution in [0.15, 0.2) is 18.2 Å². The molecule has 2 aliphatic carbocycles. The van der Waals surface area contributed by atoms with Crippen LogP contribution in [0.3, 0.4) is 0 Å². The lowest BCUT2D eigenvalue weighted by atomic mass is 9.72. The van der Waals surface area contributed by atoms with Crippen LogP contribution in [0.1, 0.15) is 75.8 Å². The number of ketones is 2. The van der Waals surface area contributed by atoms with Crippen LogP contribution in [0.2, 0.25) is 0 Å². The lowest BCUT2D eigenvalue weighted by Gasteiger charge is -2.49. The normalized spacial score (nSPS) is 32.8. The SMILES string of the molecule is COc1cccc2c1C(=O)c1c(O)c3c(c(O)c1C2=O)C[C@@](O)(C(N)=O)C[C@@H]3O[C@H]1C[C@H](N2CCO[C@H](OC)[C@H]2C)[C@H](O)[C@H](C)O1. The number of phenolic OH excluding ortho intramolecular Hbond substituents is 2. The number of nitrogens with zero attached hydrogens (tertiary/aromatic N) is 1. The van der Waals surface area contributed by atoms with Gasteiger partial charge in [0.05, 0.1) is 54.8 Å². The lowest BCUT2D eigenvalue weighted by molar-refractivity contribution is -0.273. The number of methoxy groups -OCH3 is 2. The maximum atomic E-state index is 13.9. The van der Waals surface area contributed by atoms with E-state index >= 15 is 0 Å². The molecule has 0 spiro atoms. The van der Waals surface area contributed by atoms with Crippen molar-refractivity contribution in [3.05, 3.63) is 51.6 Å². The summed E-state index contributed by atoms with van der Waals surface area (Å²) >= 11 is 0. The van der Waals surface area contributed by atoms with E-state index in [4.69, 9.17) is 29.4 Å². The molecule has 248 valence electrons. The first-order valence-electron chi connectivity index (χ1n) is 15.1. The molecule has 4 aliphatic rings. The highest BCUT2D eigenvalue weighted by Gasteiger charge is 2.51. The third-order valence-corrected chi connectivity index (χ3v) is 9.73. The Morgan fingerprint density at radius 3 is 2.48 bits per heavy atom. The summed E-state index contributed by atoms with van der Waals surface area (Å²) in [7, 11) is 2.87. The number of aromatic hydroxyl groups is 2. The zero-order chi connectivity index (χ0) is 33.2. The minimum atomic E-state index is -2.25. The van der Waals surface area contributed by atoms with Gasteiger partial charge in [0, 0.05) is 55.6 Å². The molecule has 2 aliphatic heterocycles. The molecule has 0 radical (unpaired) electrons. The smallest absolute Gasteiger partial charge is 0.249 e. The minimum Gasteiger partial charge on any atom is -0.507 e. The third kappa shape index (κ3) is 4.96. The standard InChI is InChI=1S/C32H38N2O12/c1-13-30(43-4)44-9-8-34(13)17-10-20(45-14(2)25(17)35)46-19-12-32(41,31(33)40)11-16-22(19)29(39)24-23(27(16)37)26(36)15-6-5-7-18(42-3)21(15)28(24)38/h5-7,13-14,17,19-20,25,30,35,37,39,41H,8-12H2,1-4H3,(H2,33,40)/t13-,14+,17+,19+,20+,25-,30+,32+/m1/s1. The van der Waals surface area contributed by atoms with Crippen LogP contribution < -0.4 is 10.5 Å². The van der Waals surface area contributed by atoms with Crippen LogP contribution in [0.4, 0.5) is 0 Å². The molecule has 8 atom stereocenters. The molecule has 2 aromatic rings. The van der Waals surface area contributed by atoms with Gasteiger partial charge in [-0.05, 0) is 19.9 Å². The Bertz CT molecular complexity index is 1600. The van der Waals surface area contributed by atoms with Crippen molar-refractivity contribution in [1.29, 1.82) is 0 Å². The summed E-state index contributed by atoms with van der Waals surface area (Å²) in [5.41, 5.74) is 2.09. The number of carbonyl (C=O) groups is 3. The quantitative estimate of drug-likeness (QED) is 0.235. The summed E-state index contributed by atoms with van der Waals surface area (Å²) in [6.45, 7) is 4.45. The van der Waals surface area contributed by atoms with Crippen molar-refractivity contribution in [1.82, 2.24) is 4.90 Å². The number of amides is 1. The van der Waals surface area contributed by atoms with Crippen molar-refractivity contribution in [2.45, 2.75) is 81.7 Å². The fraction of sp³-hybridized carbons (Fsp3) is 0.531. The van der Waals surface area contributed by atoms with Gasteiger partial charge in [-0.3, -0.25) is 19.3 Å². The Hall–Kier alpha value is -3.63. The molecule has 14 heteroatoms. The van der Waals surface area contributed by atoms with Crippen molar-refractivity contribution in [3.63, 3.8) is 0 Å². The first-order chi connectivity index (χ1) is 21.8. The number of phenols is 2. The zero-order valence-electron chi connectivity index (χ0n) is 25.9. The summed E-state index contributed by atoms with van der Waals surface area (Å²) in [6.07, 6.45) is -5.40. The second kappa shape index (κ2) is 11.9. The number of carbonyl (C=O) groups excluding carboxylic acids is 3. The summed E-state index contributed by atoms with van der Waals surface area (Å²) in [5, 5.41) is 45.7. The largest absolute Gasteiger partial charge is 0.507 e. The number of fused-ring (bicyclic) bond motifs is 3. The van der Waals surface area contributed by atoms with Crippen LogP contribution in [0.5, 0.6) is 17.2 Å². The van der Waals surface area contributed by atoms with Gasteiger partial charge in [-0.2, -0.15) is 0 Å². The highest BCUT2D eigenvalue weighted by Crippen LogP contribution is 2.52.